The molecule has 0 saturated carbocycles. The Morgan fingerprint density at radius 1 is 1.21 bits per heavy atom. The molecule has 0 aliphatic carbocycles. The summed E-state index contributed by atoms with van der Waals surface area (Å²) in [5, 5.41) is 3.00. The Hall–Kier alpha value is -2.34. The number of nitrogens with one attached hydrogen (secondary N) is 1. The van der Waals surface area contributed by atoms with Gasteiger partial charge >= 0.3 is 0 Å². The highest BCUT2D eigenvalue weighted by molar-refractivity contribution is 8.00. The van der Waals surface area contributed by atoms with E-state index in [0.717, 1.165) is 27.7 Å². The number of fused-ring (bicyclic) bond motifs is 1. The largest absolute Gasteiger partial charge is 0.497 e. The first-order chi connectivity index (χ1) is 11.7. The number of benzene rings is 2. The summed E-state index contributed by atoms with van der Waals surface area (Å²) >= 11 is 1.49. The molecule has 0 spiro atoms. The number of amides is 1. The third kappa shape index (κ3) is 3.94. The van der Waals surface area contributed by atoms with E-state index in [1.54, 1.807) is 7.11 Å². The van der Waals surface area contributed by atoms with E-state index in [2.05, 4.69) is 5.32 Å². The Morgan fingerprint density at radius 3 is 2.71 bits per heavy atom. The van der Waals surface area contributed by atoms with Crippen molar-refractivity contribution in [3.05, 3.63) is 48.0 Å². The summed E-state index contributed by atoms with van der Waals surface area (Å²) in [6, 6.07) is 13.3. The Morgan fingerprint density at radius 2 is 1.96 bits per heavy atom. The third-order valence-electron chi connectivity index (χ3n) is 3.70. The summed E-state index contributed by atoms with van der Waals surface area (Å²) in [6.45, 7) is 2.20. The number of ether oxygens (including phenoxy) is 3. The predicted molar refractivity (Wildman–Crippen MR) is 92.8 cm³/mol. The molecule has 0 radical (unpaired) electrons. The molecular formula is C18H19NO4S. The Kier molecular flexibility index (Phi) is 5.15. The lowest BCUT2D eigenvalue weighted by atomic mass is 10.1. The van der Waals surface area contributed by atoms with Gasteiger partial charge < -0.3 is 19.5 Å². The van der Waals surface area contributed by atoms with Crippen molar-refractivity contribution >= 4 is 17.7 Å². The van der Waals surface area contributed by atoms with Gasteiger partial charge in [0.2, 0.25) is 12.7 Å². The van der Waals surface area contributed by atoms with E-state index in [9.17, 15) is 4.79 Å². The molecule has 126 valence electrons. The molecular weight excluding hydrogens is 326 g/mol. The quantitative estimate of drug-likeness (QED) is 0.813. The lowest BCUT2D eigenvalue weighted by Crippen LogP contribution is -2.28. The van der Waals surface area contributed by atoms with E-state index in [1.165, 1.54) is 11.8 Å². The number of thioether (sulfide) groups is 1. The zero-order chi connectivity index (χ0) is 16.9. The van der Waals surface area contributed by atoms with Crippen LogP contribution in [0.4, 0.5) is 0 Å². The molecule has 1 atom stereocenters. The van der Waals surface area contributed by atoms with Gasteiger partial charge in [-0.05, 0) is 48.9 Å². The number of carbonyl (C=O) groups is 1. The average molecular weight is 345 g/mol. The lowest BCUT2D eigenvalue weighted by Gasteiger charge is -2.14. The molecule has 0 unspecified atom stereocenters. The highest BCUT2D eigenvalue weighted by Crippen LogP contribution is 2.34. The highest BCUT2D eigenvalue weighted by Gasteiger charge is 2.16. The van der Waals surface area contributed by atoms with E-state index < -0.39 is 0 Å². The molecule has 0 saturated heterocycles. The highest BCUT2D eigenvalue weighted by atomic mass is 32.2. The molecule has 0 aromatic heterocycles. The molecule has 24 heavy (non-hydrogen) atoms. The Balaban J connectivity index is 1.52. The first-order valence-electron chi connectivity index (χ1n) is 7.61. The Bertz CT molecular complexity index is 717. The number of hydrogen-bond acceptors (Lipinski definition) is 5. The first kappa shape index (κ1) is 16.5. The molecule has 1 aliphatic rings. The predicted octanol–water partition coefficient (Wildman–Crippen LogP) is 3.39. The molecule has 1 amide bonds. The molecule has 6 heteroatoms. The van der Waals surface area contributed by atoms with Crippen LogP contribution in [0.3, 0.4) is 0 Å². The maximum Gasteiger partial charge on any atom is 0.231 e. The van der Waals surface area contributed by atoms with Crippen LogP contribution in [-0.2, 0) is 4.79 Å². The van der Waals surface area contributed by atoms with Crippen LogP contribution in [0.1, 0.15) is 18.5 Å². The number of rotatable bonds is 6. The van der Waals surface area contributed by atoms with E-state index in [1.807, 2.05) is 49.4 Å². The van der Waals surface area contributed by atoms with Gasteiger partial charge in [-0.25, -0.2) is 0 Å². The summed E-state index contributed by atoms with van der Waals surface area (Å²) < 4.78 is 15.8. The zero-order valence-electron chi connectivity index (χ0n) is 13.6. The van der Waals surface area contributed by atoms with E-state index in [-0.39, 0.29) is 18.7 Å². The van der Waals surface area contributed by atoms with Crippen molar-refractivity contribution in [2.24, 2.45) is 0 Å². The van der Waals surface area contributed by atoms with Crippen molar-refractivity contribution in [2.75, 3.05) is 19.7 Å². The van der Waals surface area contributed by atoms with Crippen molar-refractivity contribution < 1.29 is 19.0 Å². The second-order valence-corrected chi connectivity index (χ2v) is 6.41. The second-order valence-electron chi connectivity index (χ2n) is 5.37. The fourth-order valence-corrected chi connectivity index (χ4v) is 3.08. The van der Waals surface area contributed by atoms with Crippen LogP contribution >= 0.6 is 11.8 Å². The van der Waals surface area contributed by atoms with E-state index in [0.29, 0.717) is 5.75 Å². The zero-order valence-corrected chi connectivity index (χ0v) is 14.4. The normalized spacial score (nSPS) is 13.4. The minimum atomic E-state index is -0.0940. The lowest BCUT2D eigenvalue weighted by molar-refractivity contribution is -0.119. The third-order valence-corrected chi connectivity index (χ3v) is 4.72. The van der Waals surface area contributed by atoms with Crippen LogP contribution in [0.5, 0.6) is 17.2 Å². The van der Waals surface area contributed by atoms with Gasteiger partial charge in [0, 0.05) is 4.90 Å². The summed E-state index contributed by atoms with van der Waals surface area (Å²) in [5.74, 6) is 2.62. The van der Waals surface area contributed by atoms with Gasteiger partial charge in [-0.2, -0.15) is 0 Å². The molecule has 3 rings (SSSR count). The van der Waals surface area contributed by atoms with Crippen molar-refractivity contribution in [1.29, 1.82) is 0 Å². The number of hydrogen-bond donors (Lipinski definition) is 1. The maximum atomic E-state index is 12.1. The molecule has 1 aliphatic heterocycles. The number of methoxy groups -OCH3 is 1. The van der Waals surface area contributed by atoms with Gasteiger partial charge in [-0.3, -0.25) is 4.79 Å². The molecule has 2 aromatic rings. The van der Waals surface area contributed by atoms with Crippen LogP contribution in [0.2, 0.25) is 0 Å². The monoisotopic (exact) mass is 345 g/mol. The van der Waals surface area contributed by atoms with Gasteiger partial charge in [0.15, 0.2) is 11.5 Å². The fraction of sp³-hybridized carbons (Fsp3) is 0.278. The summed E-state index contributed by atoms with van der Waals surface area (Å²) in [6.07, 6.45) is 0. The van der Waals surface area contributed by atoms with Gasteiger partial charge in [-0.1, -0.05) is 6.07 Å². The standard InChI is InChI=1S/C18H19NO4S/c1-12(13-3-8-16-17(9-13)23-11-22-16)19-18(20)10-24-15-6-4-14(21-2)5-7-15/h3-9,12H,10-11H2,1-2H3,(H,19,20)/t12-/m0/s1. The molecule has 0 bridgehead atoms. The molecule has 1 heterocycles. The average Bonchev–Trinajstić information content (AvgIpc) is 3.08. The van der Waals surface area contributed by atoms with Gasteiger partial charge in [0.1, 0.15) is 5.75 Å². The van der Waals surface area contributed by atoms with Crippen molar-refractivity contribution in [3.63, 3.8) is 0 Å². The summed E-state index contributed by atoms with van der Waals surface area (Å²) in [5.41, 5.74) is 0.988. The van der Waals surface area contributed by atoms with Crippen molar-refractivity contribution in [2.45, 2.75) is 17.9 Å². The second kappa shape index (κ2) is 7.49. The minimum Gasteiger partial charge on any atom is -0.497 e. The van der Waals surface area contributed by atoms with Crippen LogP contribution < -0.4 is 19.5 Å². The number of carbonyl (C=O) groups excluding carboxylic acids is 1. The van der Waals surface area contributed by atoms with Crippen LogP contribution in [0.25, 0.3) is 0 Å². The smallest absolute Gasteiger partial charge is 0.231 e. The van der Waals surface area contributed by atoms with E-state index in [4.69, 9.17) is 14.2 Å². The van der Waals surface area contributed by atoms with Crippen LogP contribution in [-0.4, -0.2) is 25.6 Å². The van der Waals surface area contributed by atoms with Gasteiger partial charge in [0.25, 0.3) is 0 Å². The SMILES string of the molecule is COc1ccc(SCC(=O)N[C@@H](C)c2ccc3c(c2)OCO3)cc1. The minimum absolute atomic E-state index is 0.0130. The van der Waals surface area contributed by atoms with Crippen molar-refractivity contribution in [3.8, 4) is 17.2 Å². The van der Waals surface area contributed by atoms with Crippen molar-refractivity contribution in [1.82, 2.24) is 5.32 Å². The molecule has 2 aromatic carbocycles. The molecule has 5 nitrogen and oxygen atoms in total. The molecule has 1 N–H and O–H groups in total. The summed E-state index contributed by atoms with van der Waals surface area (Å²) in [7, 11) is 1.63. The summed E-state index contributed by atoms with van der Waals surface area (Å²) in [4.78, 5) is 13.2. The Labute approximate surface area is 145 Å². The molecule has 0 fully saturated rings. The maximum absolute atomic E-state index is 12.1. The first-order valence-corrected chi connectivity index (χ1v) is 8.60. The fourth-order valence-electron chi connectivity index (χ4n) is 2.37. The van der Waals surface area contributed by atoms with E-state index >= 15 is 0 Å². The topological polar surface area (TPSA) is 56.8 Å². The van der Waals surface area contributed by atoms with Gasteiger partial charge in [0.05, 0.1) is 18.9 Å². The van der Waals surface area contributed by atoms with Crippen LogP contribution in [0, 0.1) is 0 Å². The van der Waals surface area contributed by atoms with Crippen LogP contribution in [0.15, 0.2) is 47.4 Å². The van der Waals surface area contributed by atoms with Gasteiger partial charge in [-0.15, -0.1) is 11.8 Å².